The first-order valence-electron chi connectivity index (χ1n) is 4.95. The summed E-state index contributed by atoms with van der Waals surface area (Å²) in [6.45, 7) is 7.72. The van der Waals surface area contributed by atoms with Crippen molar-refractivity contribution in [3.8, 4) is 0 Å². The molecule has 72 valence electrons. The number of aliphatic hydroxyl groups is 1. The third-order valence-corrected chi connectivity index (χ3v) is 2.15. The van der Waals surface area contributed by atoms with Gasteiger partial charge in [0.2, 0.25) is 0 Å². The van der Waals surface area contributed by atoms with Crippen molar-refractivity contribution < 1.29 is 5.11 Å². The van der Waals surface area contributed by atoms with Gasteiger partial charge in [0.05, 0.1) is 5.60 Å². The van der Waals surface area contributed by atoms with Crippen LogP contribution in [0.2, 0.25) is 0 Å². The molecular formula is C11H22O. The highest BCUT2D eigenvalue weighted by Crippen LogP contribution is 2.18. The fourth-order valence-corrected chi connectivity index (χ4v) is 1.35. The van der Waals surface area contributed by atoms with Crippen molar-refractivity contribution in [3.63, 3.8) is 0 Å². The molecule has 1 nitrogen and oxygen atoms in total. The molecule has 0 amide bonds. The number of hydrogen-bond donors (Lipinski definition) is 1. The van der Waals surface area contributed by atoms with Crippen molar-refractivity contribution in [1.29, 1.82) is 0 Å². The Kier molecular flexibility index (Phi) is 6.09. The van der Waals surface area contributed by atoms with E-state index in [1.165, 1.54) is 19.3 Å². The molecule has 12 heavy (non-hydrogen) atoms. The minimum Gasteiger partial charge on any atom is -0.390 e. The Hall–Kier alpha value is -0.300. The predicted molar refractivity (Wildman–Crippen MR) is 54.2 cm³/mol. The van der Waals surface area contributed by atoms with Crippen LogP contribution in [0.25, 0.3) is 0 Å². The molecule has 1 heteroatoms. The number of hydrogen-bond acceptors (Lipinski definition) is 1. The maximum Gasteiger partial charge on any atom is 0.0653 e. The van der Waals surface area contributed by atoms with E-state index in [1.807, 2.05) is 6.92 Å². The molecule has 0 aromatic heterocycles. The van der Waals surface area contributed by atoms with Gasteiger partial charge in [-0.05, 0) is 19.8 Å². The second kappa shape index (κ2) is 6.24. The molecular weight excluding hydrogens is 148 g/mol. The SMILES string of the molecule is C=CC[C@@](C)(O)CCCCCC. The minimum atomic E-state index is -0.518. The average molecular weight is 170 g/mol. The summed E-state index contributed by atoms with van der Waals surface area (Å²) in [6, 6.07) is 0. The minimum absolute atomic E-state index is 0.518. The molecule has 0 aliphatic carbocycles. The fraction of sp³-hybridized carbons (Fsp3) is 0.818. The molecule has 0 saturated heterocycles. The molecule has 0 fully saturated rings. The van der Waals surface area contributed by atoms with E-state index >= 15 is 0 Å². The quantitative estimate of drug-likeness (QED) is 0.459. The van der Waals surface area contributed by atoms with Gasteiger partial charge in [-0.2, -0.15) is 0 Å². The van der Waals surface area contributed by atoms with Gasteiger partial charge in [0.25, 0.3) is 0 Å². The number of rotatable bonds is 7. The zero-order valence-electron chi connectivity index (χ0n) is 8.47. The lowest BCUT2D eigenvalue weighted by atomic mass is 9.95. The highest BCUT2D eigenvalue weighted by atomic mass is 16.3. The van der Waals surface area contributed by atoms with Crippen molar-refractivity contribution in [2.45, 2.75) is 58.0 Å². The van der Waals surface area contributed by atoms with E-state index in [1.54, 1.807) is 6.08 Å². The van der Waals surface area contributed by atoms with E-state index in [-0.39, 0.29) is 0 Å². The number of unbranched alkanes of at least 4 members (excludes halogenated alkanes) is 3. The van der Waals surface area contributed by atoms with E-state index in [0.29, 0.717) is 6.42 Å². The smallest absolute Gasteiger partial charge is 0.0653 e. The highest BCUT2D eigenvalue weighted by Gasteiger charge is 2.16. The summed E-state index contributed by atoms with van der Waals surface area (Å²) in [5.41, 5.74) is -0.518. The summed E-state index contributed by atoms with van der Waals surface area (Å²) in [6.07, 6.45) is 8.31. The van der Waals surface area contributed by atoms with Gasteiger partial charge in [0.1, 0.15) is 0 Å². The Balaban J connectivity index is 3.39. The Labute approximate surface area is 76.5 Å². The highest BCUT2D eigenvalue weighted by molar-refractivity contribution is 4.82. The first kappa shape index (κ1) is 11.7. The largest absolute Gasteiger partial charge is 0.390 e. The Bertz CT molecular complexity index is 116. The molecule has 0 aliphatic rings. The van der Waals surface area contributed by atoms with Crippen molar-refractivity contribution in [2.75, 3.05) is 0 Å². The molecule has 0 rings (SSSR count). The van der Waals surface area contributed by atoms with Gasteiger partial charge in [0.15, 0.2) is 0 Å². The van der Waals surface area contributed by atoms with E-state index in [9.17, 15) is 5.11 Å². The van der Waals surface area contributed by atoms with Gasteiger partial charge in [0, 0.05) is 0 Å². The summed E-state index contributed by atoms with van der Waals surface area (Å²) in [5, 5.41) is 9.74. The lowest BCUT2D eigenvalue weighted by Crippen LogP contribution is -2.22. The van der Waals surface area contributed by atoms with E-state index in [0.717, 1.165) is 12.8 Å². The zero-order chi connectivity index (χ0) is 9.45. The van der Waals surface area contributed by atoms with Crippen LogP contribution in [-0.4, -0.2) is 10.7 Å². The van der Waals surface area contributed by atoms with Gasteiger partial charge in [-0.25, -0.2) is 0 Å². The molecule has 0 aromatic carbocycles. The maximum atomic E-state index is 9.74. The Morgan fingerprint density at radius 2 is 2.00 bits per heavy atom. The molecule has 0 aromatic rings. The van der Waals surface area contributed by atoms with Crippen LogP contribution in [0.5, 0.6) is 0 Å². The molecule has 0 radical (unpaired) electrons. The molecule has 0 saturated carbocycles. The van der Waals surface area contributed by atoms with Gasteiger partial charge >= 0.3 is 0 Å². The predicted octanol–water partition coefficient (Wildman–Crippen LogP) is 3.28. The van der Waals surface area contributed by atoms with Crippen molar-refractivity contribution in [1.82, 2.24) is 0 Å². The van der Waals surface area contributed by atoms with Crippen molar-refractivity contribution in [2.24, 2.45) is 0 Å². The fourth-order valence-electron chi connectivity index (χ4n) is 1.35. The summed E-state index contributed by atoms with van der Waals surface area (Å²) in [4.78, 5) is 0. The molecule has 1 atom stereocenters. The monoisotopic (exact) mass is 170 g/mol. The van der Waals surface area contributed by atoms with Crippen LogP contribution in [0.4, 0.5) is 0 Å². The van der Waals surface area contributed by atoms with E-state index in [4.69, 9.17) is 0 Å². The van der Waals surface area contributed by atoms with Crippen LogP contribution in [0.1, 0.15) is 52.4 Å². The van der Waals surface area contributed by atoms with Gasteiger partial charge in [-0.15, -0.1) is 6.58 Å². The topological polar surface area (TPSA) is 20.2 Å². The summed E-state index contributed by atoms with van der Waals surface area (Å²) >= 11 is 0. The lowest BCUT2D eigenvalue weighted by molar-refractivity contribution is 0.0513. The molecule has 0 spiro atoms. The normalized spacial score (nSPS) is 15.6. The third-order valence-electron chi connectivity index (χ3n) is 2.15. The van der Waals surface area contributed by atoms with Crippen LogP contribution in [0.3, 0.4) is 0 Å². The zero-order valence-corrected chi connectivity index (χ0v) is 8.47. The second-order valence-corrected chi connectivity index (χ2v) is 3.80. The standard InChI is InChI=1S/C11H22O/c1-4-6-7-8-10-11(3,12)9-5-2/h5,12H,2,4,6-10H2,1,3H3/t11-/m1/s1. The Morgan fingerprint density at radius 1 is 1.33 bits per heavy atom. The first-order valence-corrected chi connectivity index (χ1v) is 4.95. The van der Waals surface area contributed by atoms with Crippen LogP contribution in [0, 0.1) is 0 Å². The van der Waals surface area contributed by atoms with E-state index in [2.05, 4.69) is 13.5 Å². The van der Waals surface area contributed by atoms with Gasteiger partial charge in [-0.3, -0.25) is 0 Å². The van der Waals surface area contributed by atoms with Crippen LogP contribution < -0.4 is 0 Å². The Morgan fingerprint density at radius 3 is 2.50 bits per heavy atom. The first-order chi connectivity index (χ1) is 5.62. The summed E-state index contributed by atoms with van der Waals surface area (Å²) < 4.78 is 0. The maximum absolute atomic E-state index is 9.74. The third kappa shape index (κ3) is 6.41. The molecule has 1 N–H and O–H groups in total. The molecule has 0 heterocycles. The van der Waals surface area contributed by atoms with Crippen molar-refractivity contribution in [3.05, 3.63) is 12.7 Å². The van der Waals surface area contributed by atoms with Crippen LogP contribution in [0.15, 0.2) is 12.7 Å². The average Bonchev–Trinajstić information content (AvgIpc) is 1.98. The second-order valence-electron chi connectivity index (χ2n) is 3.80. The van der Waals surface area contributed by atoms with Gasteiger partial charge in [-0.1, -0.05) is 38.7 Å². The van der Waals surface area contributed by atoms with Crippen LogP contribution in [-0.2, 0) is 0 Å². The lowest BCUT2D eigenvalue weighted by Gasteiger charge is -2.20. The van der Waals surface area contributed by atoms with Gasteiger partial charge < -0.3 is 5.11 Å². The summed E-state index contributed by atoms with van der Waals surface area (Å²) in [7, 11) is 0. The van der Waals surface area contributed by atoms with E-state index < -0.39 is 5.60 Å². The molecule has 0 unspecified atom stereocenters. The van der Waals surface area contributed by atoms with Crippen molar-refractivity contribution >= 4 is 0 Å². The van der Waals surface area contributed by atoms with Crippen LogP contribution >= 0.6 is 0 Å². The molecule has 0 bridgehead atoms. The molecule has 0 aliphatic heterocycles. The summed E-state index contributed by atoms with van der Waals surface area (Å²) in [5.74, 6) is 0.